The SMILES string of the molecule is CN=C(NCCOc1ccccc1)NCc1nc(C(F)(F)F)cs1.I. The molecule has 2 N–H and O–H groups in total. The number of ether oxygens (including phenoxy) is 1. The third-order valence-electron chi connectivity index (χ3n) is 2.88. The van der Waals surface area contributed by atoms with Gasteiger partial charge in [-0.2, -0.15) is 13.2 Å². The van der Waals surface area contributed by atoms with E-state index in [0.29, 0.717) is 24.1 Å². The van der Waals surface area contributed by atoms with Crippen LogP contribution < -0.4 is 15.4 Å². The van der Waals surface area contributed by atoms with Crippen LogP contribution in [0.5, 0.6) is 5.75 Å². The Kier molecular flexibility index (Phi) is 8.97. The summed E-state index contributed by atoms with van der Waals surface area (Å²) < 4.78 is 43.0. The molecule has 10 heteroatoms. The third kappa shape index (κ3) is 7.46. The van der Waals surface area contributed by atoms with E-state index in [1.165, 1.54) is 0 Å². The van der Waals surface area contributed by atoms with Crippen LogP contribution in [0.15, 0.2) is 40.7 Å². The Balaban J connectivity index is 0.00000312. The zero-order valence-corrected chi connectivity index (χ0v) is 16.5. The minimum absolute atomic E-state index is 0. The molecule has 0 bridgehead atoms. The van der Waals surface area contributed by atoms with Gasteiger partial charge in [-0.15, -0.1) is 35.3 Å². The summed E-state index contributed by atoms with van der Waals surface area (Å²) in [6.45, 7) is 1.10. The average Bonchev–Trinajstić information content (AvgIpc) is 3.04. The first-order chi connectivity index (χ1) is 11.5. The van der Waals surface area contributed by atoms with Crippen molar-refractivity contribution in [2.45, 2.75) is 12.7 Å². The van der Waals surface area contributed by atoms with Crippen LogP contribution in [-0.2, 0) is 12.7 Å². The van der Waals surface area contributed by atoms with E-state index in [1.54, 1.807) is 7.05 Å². The summed E-state index contributed by atoms with van der Waals surface area (Å²) in [6.07, 6.45) is -4.41. The van der Waals surface area contributed by atoms with Crippen molar-refractivity contribution < 1.29 is 17.9 Å². The number of nitrogens with one attached hydrogen (secondary N) is 2. The highest BCUT2D eigenvalue weighted by Crippen LogP contribution is 2.29. The third-order valence-corrected chi connectivity index (χ3v) is 3.73. The zero-order valence-electron chi connectivity index (χ0n) is 13.3. The van der Waals surface area contributed by atoms with E-state index in [0.717, 1.165) is 22.5 Å². The van der Waals surface area contributed by atoms with Crippen LogP contribution in [0.25, 0.3) is 0 Å². The molecule has 0 radical (unpaired) electrons. The maximum atomic E-state index is 12.5. The molecule has 5 nitrogen and oxygen atoms in total. The Bertz CT molecular complexity index is 664. The number of rotatable bonds is 6. The molecule has 0 fully saturated rings. The maximum absolute atomic E-state index is 12.5. The molecule has 0 aliphatic heterocycles. The van der Waals surface area contributed by atoms with Gasteiger partial charge < -0.3 is 15.4 Å². The summed E-state index contributed by atoms with van der Waals surface area (Å²) in [5.74, 6) is 1.24. The molecule has 0 saturated carbocycles. The van der Waals surface area contributed by atoms with E-state index >= 15 is 0 Å². The zero-order chi connectivity index (χ0) is 17.4. The van der Waals surface area contributed by atoms with E-state index in [1.807, 2.05) is 30.3 Å². The molecule has 0 aliphatic carbocycles. The van der Waals surface area contributed by atoms with Crippen LogP contribution in [0.2, 0.25) is 0 Å². The Morgan fingerprint density at radius 2 is 1.96 bits per heavy atom. The monoisotopic (exact) mass is 486 g/mol. The fourth-order valence-electron chi connectivity index (χ4n) is 1.76. The van der Waals surface area contributed by atoms with Gasteiger partial charge in [-0.1, -0.05) is 18.2 Å². The van der Waals surface area contributed by atoms with Crippen LogP contribution in [0.1, 0.15) is 10.7 Å². The number of halogens is 4. The molecule has 0 spiro atoms. The van der Waals surface area contributed by atoms with Crippen molar-refractivity contribution in [2.75, 3.05) is 20.2 Å². The predicted octanol–water partition coefficient (Wildman–Crippen LogP) is 3.52. The van der Waals surface area contributed by atoms with E-state index in [4.69, 9.17) is 4.74 Å². The van der Waals surface area contributed by atoms with Crippen LogP contribution in [0, 0.1) is 0 Å². The molecule has 0 saturated heterocycles. The second kappa shape index (κ2) is 10.4. The second-order valence-electron chi connectivity index (χ2n) is 4.64. The van der Waals surface area contributed by atoms with Gasteiger partial charge in [0.2, 0.25) is 0 Å². The lowest BCUT2D eigenvalue weighted by Gasteiger charge is -2.11. The molecule has 25 heavy (non-hydrogen) atoms. The van der Waals surface area contributed by atoms with Crippen molar-refractivity contribution in [1.82, 2.24) is 15.6 Å². The lowest BCUT2D eigenvalue weighted by Crippen LogP contribution is -2.38. The average molecular weight is 486 g/mol. The number of aliphatic imine (C=N–C) groups is 1. The van der Waals surface area contributed by atoms with Crippen molar-refractivity contribution in [2.24, 2.45) is 4.99 Å². The van der Waals surface area contributed by atoms with E-state index < -0.39 is 11.9 Å². The van der Waals surface area contributed by atoms with Crippen LogP contribution in [-0.4, -0.2) is 31.1 Å². The van der Waals surface area contributed by atoms with Gasteiger partial charge in [-0.05, 0) is 12.1 Å². The number of guanidine groups is 1. The van der Waals surface area contributed by atoms with E-state index in [-0.39, 0.29) is 30.5 Å². The number of nitrogens with zero attached hydrogens (tertiary/aromatic N) is 2. The number of aromatic nitrogens is 1. The largest absolute Gasteiger partial charge is 0.492 e. The molecule has 0 atom stereocenters. The minimum atomic E-state index is -4.41. The summed E-state index contributed by atoms with van der Waals surface area (Å²) in [6, 6.07) is 9.38. The number of hydrogen-bond acceptors (Lipinski definition) is 4. The molecule has 1 heterocycles. The van der Waals surface area contributed by atoms with Gasteiger partial charge in [0.25, 0.3) is 0 Å². The molecule has 1 aromatic heterocycles. The number of hydrogen-bond donors (Lipinski definition) is 2. The summed E-state index contributed by atoms with van der Waals surface area (Å²) >= 11 is 0.953. The van der Waals surface area contributed by atoms with Crippen LogP contribution in [0.4, 0.5) is 13.2 Å². The topological polar surface area (TPSA) is 58.5 Å². The first-order valence-electron chi connectivity index (χ1n) is 7.13. The smallest absolute Gasteiger partial charge is 0.434 e. The van der Waals surface area contributed by atoms with Crippen LogP contribution in [0.3, 0.4) is 0 Å². The van der Waals surface area contributed by atoms with Gasteiger partial charge in [0.15, 0.2) is 11.7 Å². The first-order valence-corrected chi connectivity index (χ1v) is 8.01. The molecular weight excluding hydrogens is 468 g/mol. The molecule has 138 valence electrons. The molecule has 0 aliphatic rings. The van der Waals surface area contributed by atoms with Crippen molar-refractivity contribution in [1.29, 1.82) is 0 Å². The van der Waals surface area contributed by atoms with Gasteiger partial charge in [0.1, 0.15) is 17.4 Å². The predicted molar refractivity (Wildman–Crippen MR) is 103 cm³/mol. The maximum Gasteiger partial charge on any atom is 0.434 e. The molecule has 2 rings (SSSR count). The van der Waals surface area contributed by atoms with Crippen molar-refractivity contribution >= 4 is 41.3 Å². The van der Waals surface area contributed by atoms with Crippen molar-refractivity contribution in [3.8, 4) is 5.75 Å². The fourth-order valence-corrected chi connectivity index (χ4v) is 2.50. The summed E-state index contributed by atoms with van der Waals surface area (Å²) in [5, 5.41) is 7.27. The van der Waals surface area contributed by atoms with Crippen LogP contribution >= 0.6 is 35.3 Å². The Hall–Kier alpha value is -1.56. The molecular formula is C15H18F3IN4OS. The summed E-state index contributed by atoms with van der Waals surface area (Å²) in [5.41, 5.74) is -0.872. The number of benzene rings is 1. The number of para-hydroxylation sites is 1. The highest BCUT2D eigenvalue weighted by Gasteiger charge is 2.33. The summed E-state index contributed by atoms with van der Waals surface area (Å²) in [4.78, 5) is 7.54. The lowest BCUT2D eigenvalue weighted by molar-refractivity contribution is -0.140. The minimum Gasteiger partial charge on any atom is -0.492 e. The molecule has 1 aromatic carbocycles. The van der Waals surface area contributed by atoms with E-state index in [2.05, 4.69) is 20.6 Å². The Morgan fingerprint density at radius 1 is 1.24 bits per heavy atom. The van der Waals surface area contributed by atoms with Gasteiger partial charge in [0.05, 0.1) is 13.1 Å². The lowest BCUT2D eigenvalue weighted by atomic mass is 10.3. The highest BCUT2D eigenvalue weighted by atomic mass is 127. The Morgan fingerprint density at radius 3 is 2.56 bits per heavy atom. The van der Waals surface area contributed by atoms with Gasteiger partial charge in [0, 0.05) is 12.4 Å². The molecule has 0 unspecified atom stereocenters. The fraction of sp³-hybridized carbons (Fsp3) is 0.333. The number of alkyl halides is 3. The van der Waals surface area contributed by atoms with Gasteiger partial charge in [-0.3, -0.25) is 4.99 Å². The molecule has 0 amide bonds. The van der Waals surface area contributed by atoms with Gasteiger partial charge >= 0.3 is 6.18 Å². The number of thiazole rings is 1. The van der Waals surface area contributed by atoms with Crippen molar-refractivity contribution in [3.05, 3.63) is 46.4 Å². The molecule has 2 aromatic rings. The highest BCUT2D eigenvalue weighted by molar-refractivity contribution is 14.0. The second-order valence-corrected chi connectivity index (χ2v) is 5.58. The van der Waals surface area contributed by atoms with E-state index in [9.17, 15) is 13.2 Å². The first kappa shape index (κ1) is 21.5. The summed E-state index contributed by atoms with van der Waals surface area (Å²) in [7, 11) is 1.58. The Labute approximate surface area is 164 Å². The normalized spacial score (nSPS) is 11.6. The van der Waals surface area contributed by atoms with Crippen molar-refractivity contribution in [3.63, 3.8) is 0 Å². The quantitative estimate of drug-likeness (QED) is 0.284. The standard InChI is InChI=1S/C15H17F3N4OS.HI/c1-19-14(20-7-8-23-11-5-3-2-4-6-11)21-9-13-22-12(10-24-13)15(16,17)18;/h2-6,10H,7-9H2,1H3,(H2,19,20,21);1H. The van der Waals surface area contributed by atoms with Gasteiger partial charge in [-0.25, -0.2) is 4.98 Å².